The Morgan fingerprint density at radius 3 is 2.08 bits per heavy atom. The average Bonchev–Trinajstić information content (AvgIpc) is 2.50. The van der Waals surface area contributed by atoms with E-state index < -0.39 is 35.9 Å². The third-order valence-electron chi connectivity index (χ3n) is 2.82. The van der Waals surface area contributed by atoms with Crippen molar-refractivity contribution in [2.24, 2.45) is 0 Å². The highest BCUT2D eigenvalue weighted by atomic mass is 32.3. The van der Waals surface area contributed by atoms with E-state index in [0.29, 0.717) is 0 Å². The van der Waals surface area contributed by atoms with E-state index >= 15 is 0 Å². The van der Waals surface area contributed by atoms with Crippen LogP contribution in [0.2, 0.25) is 0 Å². The van der Waals surface area contributed by atoms with Gasteiger partial charge in [0, 0.05) is 18.6 Å². The second-order valence-electron chi connectivity index (χ2n) is 4.87. The number of carbonyl (C=O) groups excluding carboxylic acids is 2. The highest BCUT2D eigenvalue weighted by molar-refractivity contribution is 8.14. The molecule has 0 atom stereocenters. The van der Waals surface area contributed by atoms with Crippen LogP contribution in [-0.4, -0.2) is 48.4 Å². The molecule has 0 aliphatic heterocycles. The molecule has 0 aromatic heterocycles. The molecule has 0 aliphatic rings. The van der Waals surface area contributed by atoms with E-state index in [1.165, 1.54) is 12.1 Å². The molecule has 1 aromatic rings. The monoisotopic (exact) mass is 388 g/mol. The van der Waals surface area contributed by atoms with Gasteiger partial charge in [-0.25, -0.2) is 26.4 Å². The van der Waals surface area contributed by atoms with E-state index in [2.05, 4.69) is 11.3 Å². The molecule has 0 saturated heterocycles. The fraction of sp³-hybridized carbons (Fsp3) is 0.200. The first kappa shape index (κ1) is 20.6. The summed E-state index contributed by atoms with van der Waals surface area (Å²) in [6.07, 6.45) is 3.23. The van der Waals surface area contributed by atoms with Crippen molar-refractivity contribution in [2.75, 3.05) is 19.6 Å². The van der Waals surface area contributed by atoms with Crippen LogP contribution >= 0.6 is 0 Å². The van der Waals surface area contributed by atoms with Gasteiger partial charge < -0.3 is 9.47 Å². The fourth-order valence-corrected chi connectivity index (χ4v) is 4.67. The van der Waals surface area contributed by atoms with Crippen LogP contribution in [0.5, 0.6) is 5.75 Å². The quantitative estimate of drug-likeness (QED) is 0.401. The van der Waals surface area contributed by atoms with E-state index in [1.54, 1.807) is 0 Å². The molecule has 136 valence electrons. The van der Waals surface area contributed by atoms with Gasteiger partial charge in [0.2, 0.25) is 0 Å². The van der Waals surface area contributed by atoms with Crippen LogP contribution in [0.25, 0.3) is 6.08 Å². The van der Waals surface area contributed by atoms with Crippen LogP contribution in [0.4, 0.5) is 0 Å². The minimum absolute atomic E-state index is 0.0253. The predicted octanol–water partition coefficient (Wildman–Crippen LogP) is 0.952. The molecule has 0 radical (unpaired) electrons. The zero-order valence-corrected chi connectivity index (χ0v) is 15.3. The predicted molar refractivity (Wildman–Crippen MR) is 91.3 cm³/mol. The summed E-state index contributed by atoms with van der Waals surface area (Å²) in [5.74, 6) is -1.67. The molecule has 0 amide bonds. The van der Waals surface area contributed by atoms with Crippen molar-refractivity contribution in [3.8, 4) is 5.75 Å². The Balaban J connectivity index is 3.63. The van der Waals surface area contributed by atoms with Gasteiger partial charge in [-0.3, -0.25) is 0 Å². The van der Waals surface area contributed by atoms with Crippen molar-refractivity contribution >= 4 is 37.7 Å². The summed E-state index contributed by atoms with van der Waals surface area (Å²) >= 11 is 0. The molecule has 0 saturated carbocycles. The minimum Gasteiger partial charge on any atom is -0.465 e. The van der Waals surface area contributed by atoms with Crippen molar-refractivity contribution in [3.63, 3.8) is 0 Å². The molecular formula is C15H16O8S2. The molecule has 0 unspecified atom stereocenters. The van der Waals surface area contributed by atoms with Gasteiger partial charge in [-0.1, -0.05) is 12.6 Å². The van der Waals surface area contributed by atoms with Crippen molar-refractivity contribution in [1.29, 1.82) is 0 Å². The zero-order chi connectivity index (χ0) is 19.4. The molecule has 0 heterocycles. The highest BCUT2D eigenvalue weighted by Crippen LogP contribution is 2.24. The zero-order valence-electron chi connectivity index (χ0n) is 13.7. The average molecular weight is 388 g/mol. The SMILES string of the molecule is C=CC(=O)Oc1ccc(C=C(S(C)(=O)=O)S(C)(=O)=O)c(C(=O)OC)c1. The minimum atomic E-state index is -4.08. The maximum Gasteiger partial charge on any atom is 0.338 e. The lowest BCUT2D eigenvalue weighted by molar-refractivity contribution is -0.128. The smallest absolute Gasteiger partial charge is 0.338 e. The van der Waals surface area contributed by atoms with Crippen LogP contribution < -0.4 is 4.74 Å². The molecule has 8 nitrogen and oxygen atoms in total. The van der Waals surface area contributed by atoms with Crippen molar-refractivity contribution in [2.45, 2.75) is 0 Å². The standard InChI is InChI=1S/C15H16O8S2/c1-5-13(16)23-11-7-6-10(12(9-11)15(17)22-2)8-14(24(3,18)19)25(4,20)21/h5-9H,1H2,2-4H3. The maximum atomic E-state index is 11.9. The topological polar surface area (TPSA) is 121 Å². The second kappa shape index (κ2) is 7.62. The molecule has 0 fully saturated rings. The summed E-state index contributed by atoms with van der Waals surface area (Å²) in [7, 11) is -7.07. The molecule has 0 spiro atoms. The van der Waals surface area contributed by atoms with Crippen LogP contribution in [0.15, 0.2) is 35.1 Å². The highest BCUT2D eigenvalue weighted by Gasteiger charge is 2.24. The van der Waals surface area contributed by atoms with Gasteiger partial charge in [0.15, 0.2) is 23.9 Å². The maximum absolute atomic E-state index is 11.9. The second-order valence-corrected chi connectivity index (χ2v) is 9.10. The summed E-state index contributed by atoms with van der Waals surface area (Å²) in [5, 5.41) is 0. The van der Waals surface area contributed by atoms with Crippen LogP contribution in [0.1, 0.15) is 15.9 Å². The van der Waals surface area contributed by atoms with Gasteiger partial charge in [-0.15, -0.1) is 0 Å². The molecule has 1 aromatic carbocycles. The van der Waals surface area contributed by atoms with E-state index in [4.69, 9.17) is 4.74 Å². The number of rotatable bonds is 6. The first-order valence-corrected chi connectivity index (χ1v) is 10.4. The van der Waals surface area contributed by atoms with E-state index in [9.17, 15) is 26.4 Å². The lowest BCUT2D eigenvalue weighted by Gasteiger charge is -2.09. The number of methoxy groups -OCH3 is 1. The van der Waals surface area contributed by atoms with Crippen molar-refractivity contribution in [1.82, 2.24) is 0 Å². The van der Waals surface area contributed by atoms with Crippen molar-refractivity contribution in [3.05, 3.63) is 46.2 Å². The van der Waals surface area contributed by atoms with Gasteiger partial charge in [-0.2, -0.15) is 0 Å². The first-order valence-electron chi connectivity index (χ1n) is 6.58. The number of sulfone groups is 2. The van der Waals surface area contributed by atoms with Gasteiger partial charge in [0.25, 0.3) is 0 Å². The summed E-state index contributed by atoms with van der Waals surface area (Å²) in [6, 6.07) is 3.62. The van der Waals surface area contributed by atoms with E-state index in [0.717, 1.165) is 37.8 Å². The molecule has 10 heteroatoms. The third kappa shape index (κ3) is 5.54. The van der Waals surface area contributed by atoms with Gasteiger partial charge in [-0.05, 0) is 23.8 Å². The summed E-state index contributed by atoms with van der Waals surface area (Å²) < 4.78 is 55.6. The fourth-order valence-electron chi connectivity index (χ4n) is 1.79. The Morgan fingerprint density at radius 2 is 1.64 bits per heavy atom. The van der Waals surface area contributed by atoms with E-state index in [-0.39, 0.29) is 16.9 Å². The van der Waals surface area contributed by atoms with Crippen molar-refractivity contribution < 1.29 is 35.9 Å². The Bertz CT molecular complexity index is 919. The first-order chi connectivity index (χ1) is 11.4. The van der Waals surface area contributed by atoms with Crippen LogP contribution in [0.3, 0.4) is 0 Å². The number of esters is 2. The number of hydrogen-bond acceptors (Lipinski definition) is 8. The van der Waals surface area contributed by atoms with Gasteiger partial charge >= 0.3 is 11.9 Å². The number of benzene rings is 1. The Kier molecular flexibility index (Phi) is 6.27. The number of hydrogen-bond donors (Lipinski definition) is 0. The number of ether oxygens (including phenoxy) is 2. The lowest BCUT2D eigenvalue weighted by Crippen LogP contribution is -2.12. The van der Waals surface area contributed by atoms with Gasteiger partial charge in [0.1, 0.15) is 5.75 Å². The Labute approximate surface area is 145 Å². The van der Waals surface area contributed by atoms with Crippen LogP contribution in [0, 0.1) is 0 Å². The largest absolute Gasteiger partial charge is 0.465 e. The summed E-state index contributed by atoms with van der Waals surface area (Å²) in [6.45, 7) is 3.23. The Hall–Kier alpha value is -2.46. The summed E-state index contributed by atoms with van der Waals surface area (Å²) in [4.78, 5) is 23.1. The molecule has 0 bridgehead atoms. The van der Waals surface area contributed by atoms with E-state index in [1.807, 2.05) is 0 Å². The molecule has 1 rings (SSSR count). The molecule has 0 aliphatic carbocycles. The number of carbonyl (C=O) groups is 2. The molecular weight excluding hydrogens is 372 g/mol. The third-order valence-corrected chi connectivity index (χ3v) is 6.33. The lowest BCUT2D eigenvalue weighted by atomic mass is 10.1. The summed E-state index contributed by atoms with van der Waals surface area (Å²) in [5.41, 5.74) is -0.210. The van der Waals surface area contributed by atoms with Crippen LogP contribution in [-0.2, 0) is 29.2 Å². The normalized spacial score (nSPS) is 11.3. The molecule has 0 N–H and O–H groups in total. The Morgan fingerprint density at radius 1 is 1.08 bits per heavy atom. The van der Waals surface area contributed by atoms with Gasteiger partial charge in [0.05, 0.1) is 12.7 Å². The molecule has 25 heavy (non-hydrogen) atoms.